The Morgan fingerprint density at radius 2 is 1.43 bits per heavy atom. The van der Waals surface area contributed by atoms with Gasteiger partial charge in [-0.3, -0.25) is 0 Å². The van der Waals surface area contributed by atoms with Crippen LogP contribution in [-0.4, -0.2) is 24.5 Å². The summed E-state index contributed by atoms with van der Waals surface area (Å²) in [7, 11) is 0. The zero-order valence-electron chi connectivity index (χ0n) is 14.6. The molecule has 6 heteroatoms. The lowest BCUT2D eigenvalue weighted by Crippen LogP contribution is -1.95. The van der Waals surface area contributed by atoms with Crippen molar-refractivity contribution in [2.75, 3.05) is 0 Å². The standard InChI is InChI=1S/C22H13N5O/c1-3-7-18-15(5-1)16-6-2-4-8-19(16)27(18)14-9-10-17(25-13-14)21-26-20-22(28-21)24-12-11-23-20/h1-13H. The topological polar surface area (TPSA) is 69.6 Å². The number of fused-ring (bicyclic) bond motifs is 4. The fourth-order valence-corrected chi connectivity index (χ4v) is 3.63. The van der Waals surface area contributed by atoms with Gasteiger partial charge in [0.05, 0.1) is 22.9 Å². The molecule has 6 aromatic rings. The fourth-order valence-electron chi connectivity index (χ4n) is 3.63. The maximum atomic E-state index is 5.67. The highest BCUT2D eigenvalue weighted by molar-refractivity contribution is 6.09. The highest BCUT2D eigenvalue weighted by Gasteiger charge is 2.14. The summed E-state index contributed by atoms with van der Waals surface area (Å²) in [4.78, 5) is 17.2. The number of hydrogen-bond donors (Lipinski definition) is 0. The number of rotatable bonds is 2. The van der Waals surface area contributed by atoms with E-state index in [4.69, 9.17) is 4.42 Å². The van der Waals surface area contributed by atoms with E-state index in [1.165, 1.54) is 10.8 Å². The van der Waals surface area contributed by atoms with Crippen LogP contribution in [0, 0.1) is 0 Å². The highest BCUT2D eigenvalue weighted by atomic mass is 16.4. The molecule has 2 aromatic carbocycles. The molecule has 132 valence electrons. The maximum Gasteiger partial charge on any atom is 0.266 e. The third-order valence-electron chi connectivity index (χ3n) is 4.85. The molecule has 6 rings (SSSR count). The van der Waals surface area contributed by atoms with Gasteiger partial charge in [-0.1, -0.05) is 36.4 Å². The summed E-state index contributed by atoms with van der Waals surface area (Å²) >= 11 is 0. The van der Waals surface area contributed by atoms with Crippen LogP contribution in [0.3, 0.4) is 0 Å². The van der Waals surface area contributed by atoms with Gasteiger partial charge in [-0.05, 0) is 24.3 Å². The first kappa shape index (κ1) is 15.0. The molecule has 0 fully saturated rings. The molecule has 0 spiro atoms. The lowest BCUT2D eigenvalue weighted by Gasteiger charge is -2.07. The molecule has 0 aliphatic heterocycles. The smallest absolute Gasteiger partial charge is 0.266 e. The van der Waals surface area contributed by atoms with Crippen LogP contribution in [0.2, 0.25) is 0 Å². The van der Waals surface area contributed by atoms with Crippen LogP contribution in [0.5, 0.6) is 0 Å². The minimum atomic E-state index is 0.408. The van der Waals surface area contributed by atoms with Crippen molar-refractivity contribution in [2.24, 2.45) is 0 Å². The first-order valence-corrected chi connectivity index (χ1v) is 8.91. The van der Waals surface area contributed by atoms with E-state index in [0.29, 0.717) is 22.9 Å². The van der Waals surface area contributed by atoms with Crippen LogP contribution >= 0.6 is 0 Å². The van der Waals surface area contributed by atoms with Gasteiger partial charge in [-0.15, -0.1) is 0 Å². The molecule has 6 nitrogen and oxygen atoms in total. The van der Waals surface area contributed by atoms with E-state index in [1.807, 2.05) is 18.3 Å². The molecule has 0 atom stereocenters. The van der Waals surface area contributed by atoms with Crippen LogP contribution in [0.4, 0.5) is 0 Å². The summed E-state index contributed by atoms with van der Waals surface area (Å²) in [6, 6.07) is 20.7. The quantitative estimate of drug-likeness (QED) is 0.443. The monoisotopic (exact) mass is 363 g/mol. The van der Waals surface area contributed by atoms with Crippen molar-refractivity contribution in [3.05, 3.63) is 79.3 Å². The Hall–Kier alpha value is -4.06. The summed E-state index contributed by atoms with van der Waals surface area (Å²) in [6.07, 6.45) is 5.01. The van der Waals surface area contributed by atoms with Gasteiger partial charge in [-0.2, -0.15) is 4.98 Å². The third-order valence-corrected chi connectivity index (χ3v) is 4.85. The van der Waals surface area contributed by atoms with Crippen LogP contribution in [0.15, 0.2) is 83.7 Å². The number of benzene rings is 2. The minimum Gasteiger partial charge on any atom is -0.414 e. The van der Waals surface area contributed by atoms with Gasteiger partial charge in [0.2, 0.25) is 11.5 Å². The fraction of sp³-hybridized carbons (Fsp3) is 0. The summed E-state index contributed by atoms with van der Waals surface area (Å²) in [5.41, 5.74) is 4.80. The molecule has 0 radical (unpaired) electrons. The largest absolute Gasteiger partial charge is 0.414 e. The van der Waals surface area contributed by atoms with Gasteiger partial charge in [0.1, 0.15) is 5.69 Å². The van der Waals surface area contributed by atoms with E-state index >= 15 is 0 Å². The normalized spacial score (nSPS) is 11.6. The zero-order valence-corrected chi connectivity index (χ0v) is 14.6. The molecular formula is C22H13N5O. The molecular weight excluding hydrogens is 350 g/mol. The maximum absolute atomic E-state index is 5.67. The molecule has 28 heavy (non-hydrogen) atoms. The second kappa shape index (κ2) is 5.72. The van der Waals surface area contributed by atoms with Crippen molar-refractivity contribution in [1.29, 1.82) is 0 Å². The molecule has 0 N–H and O–H groups in total. The molecule has 0 unspecified atom stereocenters. The SMILES string of the molecule is c1ccc2c(c1)c1ccccc1n2-c1ccc(-c2nc3nccnc3o2)nc1. The van der Waals surface area contributed by atoms with E-state index in [-0.39, 0.29) is 0 Å². The van der Waals surface area contributed by atoms with Crippen molar-refractivity contribution in [1.82, 2.24) is 24.5 Å². The van der Waals surface area contributed by atoms with Crippen molar-refractivity contribution >= 4 is 33.2 Å². The van der Waals surface area contributed by atoms with Gasteiger partial charge in [0, 0.05) is 23.2 Å². The summed E-state index contributed by atoms with van der Waals surface area (Å²) in [5, 5.41) is 2.44. The van der Waals surface area contributed by atoms with Gasteiger partial charge in [0.15, 0.2) is 0 Å². The van der Waals surface area contributed by atoms with E-state index < -0.39 is 0 Å². The Kier molecular flexibility index (Phi) is 3.07. The van der Waals surface area contributed by atoms with E-state index in [0.717, 1.165) is 16.7 Å². The van der Waals surface area contributed by atoms with Crippen molar-refractivity contribution in [3.63, 3.8) is 0 Å². The van der Waals surface area contributed by atoms with E-state index in [1.54, 1.807) is 12.4 Å². The van der Waals surface area contributed by atoms with Crippen molar-refractivity contribution in [2.45, 2.75) is 0 Å². The average Bonchev–Trinajstić information content (AvgIpc) is 3.33. The number of oxazole rings is 1. The Labute approximate surface area is 159 Å². The first-order chi connectivity index (χ1) is 13.9. The Balaban J connectivity index is 1.52. The van der Waals surface area contributed by atoms with Crippen LogP contribution in [-0.2, 0) is 0 Å². The second-order valence-electron chi connectivity index (χ2n) is 6.48. The van der Waals surface area contributed by atoms with Crippen LogP contribution in [0.25, 0.3) is 50.4 Å². The van der Waals surface area contributed by atoms with Gasteiger partial charge < -0.3 is 8.98 Å². The van der Waals surface area contributed by atoms with Gasteiger partial charge >= 0.3 is 0 Å². The number of hydrogen-bond acceptors (Lipinski definition) is 5. The predicted molar refractivity (Wildman–Crippen MR) is 107 cm³/mol. The Morgan fingerprint density at radius 1 is 0.714 bits per heavy atom. The van der Waals surface area contributed by atoms with Gasteiger partial charge in [-0.25, -0.2) is 15.0 Å². The lowest BCUT2D eigenvalue weighted by atomic mass is 10.2. The Morgan fingerprint density at radius 3 is 2.11 bits per heavy atom. The average molecular weight is 363 g/mol. The summed E-state index contributed by atoms with van der Waals surface area (Å²) in [5.74, 6) is 0.412. The molecule has 0 saturated heterocycles. The number of para-hydroxylation sites is 2. The highest BCUT2D eigenvalue weighted by Crippen LogP contribution is 2.32. The Bertz CT molecular complexity index is 1380. The lowest BCUT2D eigenvalue weighted by molar-refractivity contribution is 0.604. The number of nitrogens with zero attached hydrogens (tertiary/aromatic N) is 5. The zero-order chi connectivity index (χ0) is 18.5. The molecule has 0 aliphatic rings. The molecule has 0 saturated carbocycles. The minimum absolute atomic E-state index is 0.408. The van der Waals surface area contributed by atoms with Crippen LogP contribution < -0.4 is 0 Å². The molecule has 4 aromatic heterocycles. The second-order valence-corrected chi connectivity index (χ2v) is 6.48. The number of pyridine rings is 1. The first-order valence-electron chi connectivity index (χ1n) is 8.91. The molecule has 4 heterocycles. The van der Waals surface area contributed by atoms with E-state index in [9.17, 15) is 0 Å². The van der Waals surface area contributed by atoms with Crippen LogP contribution in [0.1, 0.15) is 0 Å². The van der Waals surface area contributed by atoms with Gasteiger partial charge in [0.25, 0.3) is 5.71 Å². The number of aromatic nitrogens is 5. The summed E-state index contributed by atoms with van der Waals surface area (Å²) in [6.45, 7) is 0. The van der Waals surface area contributed by atoms with E-state index in [2.05, 4.69) is 73.0 Å². The molecule has 0 bridgehead atoms. The van der Waals surface area contributed by atoms with Crippen molar-refractivity contribution < 1.29 is 4.42 Å². The summed E-state index contributed by atoms with van der Waals surface area (Å²) < 4.78 is 7.89. The third kappa shape index (κ3) is 2.15. The predicted octanol–water partition coefficient (Wildman–Crippen LogP) is 4.78. The molecule has 0 aliphatic carbocycles. The van der Waals surface area contributed by atoms with Crippen molar-refractivity contribution in [3.8, 4) is 17.3 Å². The molecule has 0 amide bonds.